The highest BCUT2D eigenvalue weighted by molar-refractivity contribution is 7.41. The van der Waals surface area contributed by atoms with E-state index >= 15 is 0 Å². The molecule has 0 N–H and O–H groups in total. The van der Waals surface area contributed by atoms with E-state index in [1.807, 2.05) is 13.8 Å². The van der Waals surface area contributed by atoms with Crippen molar-refractivity contribution in [2.45, 2.75) is 226 Å². The van der Waals surface area contributed by atoms with Crippen LogP contribution in [-0.4, -0.2) is 30.9 Å². The average Bonchev–Trinajstić information content (AvgIpc) is 3.26. The standard InChI is InChI=1S/C38H75O5P/c1-5-7-9-11-13-15-17-19-21-23-25-27-29-31-33-40-44(43-36-35-38(3,4)42-37(36)39)41-34-32-30-28-26-24-22-20-18-16-14-12-10-8-6-2/h36H,5-35H2,1-4H3/t36-/m1/s1. The van der Waals surface area contributed by atoms with Crippen molar-refractivity contribution in [1.82, 2.24) is 0 Å². The van der Waals surface area contributed by atoms with Crippen molar-refractivity contribution < 1.29 is 23.1 Å². The summed E-state index contributed by atoms with van der Waals surface area (Å²) in [5.41, 5.74) is -0.480. The highest BCUT2D eigenvalue weighted by atomic mass is 31.2. The van der Waals surface area contributed by atoms with Crippen LogP contribution in [0.1, 0.15) is 214 Å². The highest BCUT2D eigenvalue weighted by Crippen LogP contribution is 2.45. The normalized spacial score (nSPS) is 16.3. The molecule has 1 atom stereocenters. The lowest BCUT2D eigenvalue weighted by molar-refractivity contribution is -0.150. The summed E-state index contributed by atoms with van der Waals surface area (Å²) in [6.07, 6.45) is 37.5. The number of ether oxygens (including phenoxy) is 1. The molecule has 0 bridgehead atoms. The molecule has 0 aromatic carbocycles. The van der Waals surface area contributed by atoms with Crippen molar-refractivity contribution >= 4 is 14.6 Å². The van der Waals surface area contributed by atoms with Gasteiger partial charge in [0.2, 0.25) is 0 Å². The van der Waals surface area contributed by atoms with Crippen LogP contribution >= 0.6 is 8.60 Å². The SMILES string of the molecule is CCCCCCCCCCCCCCCCOP(OCCCCCCCCCCCCCCCC)O[C@@H]1CC(C)(C)OC1=O. The van der Waals surface area contributed by atoms with Gasteiger partial charge in [-0.3, -0.25) is 4.52 Å². The number of esters is 1. The molecule has 1 aliphatic heterocycles. The van der Waals surface area contributed by atoms with Gasteiger partial charge in [-0.05, 0) is 26.7 Å². The third-order valence-electron chi connectivity index (χ3n) is 8.92. The maximum atomic E-state index is 12.3. The van der Waals surface area contributed by atoms with Crippen LogP contribution in [0.15, 0.2) is 0 Å². The molecule has 5 nitrogen and oxygen atoms in total. The van der Waals surface area contributed by atoms with Crippen LogP contribution in [0.2, 0.25) is 0 Å². The molecule has 44 heavy (non-hydrogen) atoms. The Kier molecular flexibility index (Phi) is 28.6. The van der Waals surface area contributed by atoms with Gasteiger partial charge in [0.05, 0.1) is 13.2 Å². The molecule has 0 aliphatic carbocycles. The first-order valence-electron chi connectivity index (χ1n) is 19.4. The van der Waals surface area contributed by atoms with E-state index in [4.69, 9.17) is 18.3 Å². The molecular formula is C38H75O5P. The largest absolute Gasteiger partial charge is 0.458 e. The summed E-state index contributed by atoms with van der Waals surface area (Å²) in [7, 11) is -1.52. The first-order chi connectivity index (χ1) is 21.5. The fraction of sp³-hybridized carbons (Fsp3) is 0.974. The summed E-state index contributed by atoms with van der Waals surface area (Å²) in [5, 5.41) is 0. The van der Waals surface area contributed by atoms with Gasteiger partial charge in [-0.1, -0.05) is 181 Å². The third kappa shape index (κ3) is 25.9. The molecule has 1 aliphatic rings. The first kappa shape index (κ1) is 41.8. The molecule has 1 saturated heterocycles. The molecule has 0 saturated carbocycles. The predicted octanol–water partition coefficient (Wildman–Crippen LogP) is 13.3. The van der Waals surface area contributed by atoms with E-state index in [2.05, 4.69) is 13.8 Å². The van der Waals surface area contributed by atoms with Crippen LogP contribution in [0.3, 0.4) is 0 Å². The van der Waals surface area contributed by atoms with Gasteiger partial charge in [0.15, 0.2) is 6.10 Å². The fourth-order valence-electron chi connectivity index (χ4n) is 6.06. The molecule has 0 aromatic rings. The number of unbranched alkanes of at least 4 members (excludes halogenated alkanes) is 26. The van der Waals surface area contributed by atoms with Crippen molar-refractivity contribution in [2.24, 2.45) is 0 Å². The second kappa shape index (κ2) is 30.1. The Morgan fingerprint density at radius 2 is 0.841 bits per heavy atom. The maximum Gasteiger partial charge on any atom is 0.336 e. The van der Waals surface area contributed by atoms with E-state index in [0.29, 0.717) is 19.6 Å². The second-order valence-electron chi connectivity index (χ2n) is 14.1. The van der Waals surface area contributed by atoms with Crippen molar-refractivity contribution in [3.8, 4) is 0 Å². The van der Waals surface area contributed by atoms with Gasteiger partial charge >= 0.3 is 14.6 Å². The summed E-state index contributed by atoms with van der Waals surface area (Å²) in [6.45, 7) is 9.70. The molecule has 1 rings (SSSR count). The van der Waals surface area contributed by atoms with Gasteiger partial charge in [-0.2, -0.15) is 0 Å². The van der Waals surface area contributed by atoms with Crippen molar-refractivity contribution in [1.29, 1.82) is 0 Å². The summed E-state index contributed by atoms with van der Waals surface area (Å²) < 4.78 is 23.6. The molecule has 0 spiro atoms. The molecule has 0 amide bonds. The summed E-state index contributed by atoms with van der Waals surface area (Å²) >= 11 is 0. The van der Waals surface area contributed by atoms with Gasteiger partial charge in [0, 0.05) is 6.42 Å². The highest BCUT2D eigenvalue weighted by Gasteiger charge is 2.42. The van der Waals surface area contributed by atoms with Crippen LogP contribution in [0.25, 0.3) is 0 Å². The Morgan fingerprint density at radius 1 is 0.545 bits per heavy atom. The van der Waals surface area contributed by atoms with Crippen LogP contribution in [0, 0.1) is 0 Å². The fourth-order valence-corrected chi connectivity index (χ4v) is 7.18. The van der Waals surface area contributed by atoms with E-state index in [1.54, 1.807) is 0 Å². The number of carbonyl (C=O) groups excluding carboxylic acids is 1. The van der Waals surface area contributed by atoms with E-state index in [9.17, 15) is 4.79 Å². The lowest BCUT2D eigenvalue weighted by atomic mass is 10.0. The Balaban J connectivity index is 2.08. The minimum atomic E-state index is -1.52. The number of hydrogen-bond acceptors (Lipinski definition) is 5. The van der Waals surface area contributed by atoms with Crippen molar-refractivity contribution in [3.63, 3.8) is 0 Å². The molecule has 6 heteroatoms. The maximum absolute atomic E-state index is 12.3. The van der Waals surface area contributed by atoms with Gasteiger partial charge in [-0.15, -0.1) is 0 Å². The molecule has 262 valence electrons. The van der Waals surface area contributed by atoms with Crippen LogP contribution < -0.4 is 0 Å². The van der Waals surface area contributed by atoms with E-state index < -0.39 is 20.3 Å². The Bertz CT molecular complexity index is 594. The lowest BCUT2D eigenvalue weighted by Gasteiger charge is -2.19. The van der Waals surface area contributed by atoms with Crippen LogP contribution in [0.5, 0.6) is 0 Å². The van der Waals surface area contributed by atoms with Crippen LogP contribution in [0.4, 0.5) is 0 Å². The van der Waals surface area contributed by atoms with Gasteiger partial charge in [0.1, 0.15) is 5.60 Å². The predicted molar refractivity (Wildman–Crippen MR) is 189 cm³/mol. The minimum absolute atomic E-state index is 0.289. The smallest absolute Gasteiger partial charge is 0.336 e. The number of rotatable bonds is 34. The van der Waals surface area contributed by atoms with Crippen molar-refractivity contribution in [2.75, 3.05) is 13.2 Å². The first-order valence-corrected chi connectivity index (χ1v) is 20.5. The number of carbonyl (C=O) groups is 1. The van der Waals surface area contributed by atoms with Crippen molar-refractivity contribution in [3.05, 3.63) is 0 Å². The van der Waals surface area contributed by atoms with Gasteiger partial charge in [-0.25, -0.2) is 4.79 Å². The molecule has 1 heterocycles. The monoisotopic (exact) mass is 643 g/mol. The Labute approximate surface area is 276 Å². The van der Waals surface area contributed by atoms with E-state index in [0.717, 1.165) is 12.8 Å². The molecule has 0 radical (unpaired) electrons. The van der Waals surface area contributed by atoms with E-state index in [1.165, 1.54) is 167 Å². The zero-order chi connectivity index (χ0) is 32.0. The summed E-state index contributed by atoms with van der Waals surface area (Å²) in [6, 6.07) is 0. The average molecular weight is 643 g/mol. The molecular weight excluding hydrogens is 567 g/mol. The van der Waals surface area contributed by atoms with Gasteiger partial charge in [0.25, 0.3) is 0 Å². The lowest BCUT2D eigenvalue weighted by Crippen LogP contribution is -2.18. The third-order valence-corrected chi connectivity index (χ3v) is 10.1. The molecule has 0 unspecified atom stereocenters. The van der Waals surface area contributed by atoms with Crippen LogP contribution in [-0.2, 0) is 23.1 Å². The quantitative estimate of drug-likeness (QED) is 0.0397. The number of hydrogen-bond donors (Lipinski definition) is 0. The molecule has 0 aromatic heterocycles. The zero-order valence-corrected chi connectivity index (χ0v) is 30.9. The summed E-state index contributed by atoms with van der Waals surface area (Å²) in [5.74, 6) is -0.289. The number of cyclic esters (lactones) is 1. The Morgan fingerprint density at radius 3 is 1.11 bits per heavy atom. The van der Waals surface area contributed by atoms with E-state index in [-0.39, 0.29) is 5.97 Å². The summed E-state index contributed by atoms with van der Waals surface area (Å²) in [4.78, 5) is 12.3. The Hall–Kier alpha value is -0.220. The zero-order valence-electron chi connectivity index (χ0n) is 30.0. The molecule has 1 fully saturated rings. The minimum Gasteiger partial charge on any atom is -0.458 e. The second-order valence-corrected chi connectivity index (χ2v) is 15.2. The van der Waals surface area contributed by atoms with Gasteiger partial charge < -0.3 is 13.8 Å². The topological polar surface area (TPSA) is 54.0 Å².